The van der Waals surface area contributed by atoms with E-state index in [9.17, 15) is 9.59 Å². The van der Waals surface area contributed by atoms with Gasteiger partial charge in [0.25, 0.3) is 0 Å². The average Bonchev–Trinajstić information content (AvgIpc) is 2.70. The molecular weight excluding hydrogens is 232 g/mol. The van der Waals surface area contributed by atoms with Crippen LogP contribution >= 0.6 is 0 Å². The van der Waals surface area contributed by atoms with Crippen molar-refractivity contribution in [2.45, 2.75) is 24.7 Å². The van der Waals surface area contributed by atoms with Crippen molar-refractivity contribution < 1.29 is 14.3 Å². The standard InChI is InChI=1S/C13H16N2O3/c14-10-3-1-9(2-4-10)13(6-5-11(15)16)7-8-18-12(13)17/h1-4H,5-8,14H2,(H2,15,16). The number of carbonyl (C=O) groups excluding carboxylic acids is 2. The molecule has 1 unspecified atom stereocenters. The van der Waals surface area contributed by atoms with Gasteiger partial charge in [-0.3, -0.25) is 9.59 Å². The molecule has 1 atom stereocenters. The van der Waals surface area contributed by atoms with Crippen molar-refractivity contribution in [1.29, 1.82) is 0 Å². The summed E-state index contributed by atoms with van der Waals surface area (Å²) in [6.45, 7) is 0.377. The van der Waals surface area contributed by atoms with Crippen LogP contribution in [0.2, 0.25) is 0 Å². The smallest absolute Gasteiger partial charge is 0.316 e. The molecular formula is C13H16N2O3. The Morgan fingerprint density at radius 1 is 1.33 bits per heavy atom. The number of nitrogen functional groups attached to an aromatic ring is 1. The fourth-order valence-corrected chi connectivity index (χ4v) is 2.33. The number of cyclic esters (lactones) is 1. The van der Waals surface area contributed by atoms with E-state index in [1.54, 1.807) is 12.1 Å². The number of hydrogen-bond acceptors (Lipinski definition) is 4. The van der Waals surface area contributed by atoms with E-state index in [0.717, 1.165) is 5.56 Å². The van der Waals surface area contributed by atoms with Crippen LogP contribution in [0.15, 0.2) is 24.3 Å². The number of nitrogens with two attached hydrogens (primary N) is 2. The van der Waals surface area contributed by atoms with Gasteiger partial charge in [0.2, 0.25) is 5.91 Å². The van der Waals surface area contributed by atoms with Crippen LogP contribution in [0.25, 0.3) is 0 Å². The molecule has 1 aromatic carbocycles. The van der Waals surface area contributed by atoms with Crippen molar-refractivity contribution in [3.05, 3.63) is 29.8 Å². The molecule has 5 heteroatoms. The Morgan fingerprint density at radius 3 is 2.50 bits per heavy atom. The Kier molecular flexibility index (Phi) is 3.23. The summed E-state index contributed by atoms with van der Waals surface area (Å²) in [5.41, 5.74) is 11.5. The van der Waals surface area contributed by atoms with E-state index < -0.39 is 11.3 Å². The van der Waals surface area contributed by atoms with Crippen LogP contribution in [0, 0.1) is 0 Å². The summed E-state index contributed by atoms with van der Waals surface area (Å²) in [5.74, 6) is -0.696. The largest absolute Gasteiger partial charge is 0.465 e. The first-order chi connectivity index (χ1) is 8.54. The van der Waals surface area contributed by atoms with Gasteiger partial charge in [-0.25, -0.2) is 0 Å². The van der Waals surface area contributed by atoms with Crippen molar-refractivity contribution in [2.75, 3.05) is 12.3 Å². The molecule has 96 valence electrons. The summed E-state index contributed by atoms with van der Waals surface area (Å²) in [6, 6.07) is 7.10. The number of anilines is 1. The molecule has 1 heterocycles. The molecule has 1 amide bonds. The summed E-state index contributed by atoms with van der Waals surface area (Å²) >= 11 is 0. The van der Waals surface area contributed by atoms with E-state index in [1.807, 2.05) is 12.1 Å². The number of carbonyl (C=O) groups is 2. The number of esters is 1. The predicted octanol–water partition coefficient (Wildman–Crippen LogP) is 0.719. The van der Waals surface area contributed by atoms with Crippen molar-refractivity contribution in [3.8, 4) is 0 Å². The maximum Gasteiger partial charge on any atom is 0.316 e. The Balaban J connectivity index is 2.33. The fourth-order valence-electron chi connectivity index (χ4n) is 2.33. The SMILES string of the molecule is NC(=O)CCC1(c2ccc(N)cc2)CCOC1=O. The van der Waals surface area contributed by atoms with E-state index in [1.165, 1.54) is 0 Å². The van der Waals surface area contributed by atoms with Gasteiger partial charge in [-0.05, 0) is 24.1 Å². The monoisotopic (exact) mass is 248 g/mol. The second-order valence-corrected chi connectivity index (χ2v) is 4.56. The molecule has 4 N–H and O–H groups in total. The lowest BCUT2D eigenvalue weighted by Crippen LogP contribution is -2.33. The van der Waals surface area contributed by atoms with Crippen molar-refractivity contribution in [2.24, 2.45) is 5.73 Å². The molecule has 1 saturated heterocycles. The van der Waals surface area contributed by atoms with Gasteiger partial charge in [-0.2, -0.15) is 0 Å². The average molecular weight is 248 g/mol. The van der Waals surface area contributed by atoms with Gasteiger partial charge < -0.3 is 16.2 Å². The van der Waals surface area contributed by atoms with Crippen molar-refractivity contribution in [3.63, 3.8) is 0 Å². The summed E-state index contributed by atoms with van der Waals surface area (Å²) in [4.78, 5) is 22.9. The summed E-state index contributed by atoms with van der Waals surface area (Å²) in [5, 5.41) is 0. The first-order valence-corrected chi connectivity index (χ1v) is 5.86. The van der Waals surface area contributed by atoms with Crippen LogP contribution in [0.5, 0.6) is 0 Å². The van der Waals surface area contributed by atoms with Gasteiger partial charge in [0.15, 0.2) is 0 Å². The number of ether oxygens (including phenoxy) is 1. The van der Waals surface area contributed by atoms with Crippen molar-refractivity contribution >= 4 is 17.6 Å². The second kappa shape index (κ2) is 4.68. The van der Waals surface area contributed by atoms with Crippen LogP contribution in [-0.4, -0.2) is 18.5 Å². The lowest BCUT2D eigenvalue weighted by molar-refractivity contribution is -0.143. The molecule has 2 rings (SSSR count). The van der Waals surface area contributed by atoms with E-state index in [4.69, 9.17) is 16.2 Å². The van der Waals surface area contributed by atoms with E-state index in [0.29, 0.717) is 25.1 Å². The number of primary amides is 1. The van der Waals surface area contributed by atoms with Crippen LogP contribution in [0.3, 0.4) is 0 Å². The highest BCUT2D eigenvalue weighted by Crippen LogP contribution is 2.38. The number of hydrogen-bond donors (Lipinski definition) is 2. The highest BCUT2D eigenvalue weighted by molar-refractivity contribution is 5.86. The molecule has 0 radical (unpaired) electrons. The van der Waals surface area contributed by atoms with Gasteiger partial charge in [0.1, 0.15) is 0 Å². The number of amides is 1. The lowest BCUT2D eigenvalue weighted by atomic mass is 9.75. The molecule has 18 heavy (non-hydrogen) atoms. The van der Waals surface area contributed by atoms with Crippen molar-refractivity contribution in [1.82, 2.24) is 0 Å². The predicted molar refractivity (Wildman–Crippen MR) is 66.5 cm³/mol. The van der Waals surface area contributed by atoms with Crippen LogP contribution in [0.1, 0.15) is 24.8 Å². The summed E-state index contributed by atoms with van der Waals surface area (Å²) in [7, 11) is 0. The Morgan fingerprint density at radius 2 is 2.00 bits per heavy atom. The van der Waals surface area contributed by atoms with Gasteiger partial charge in [0, 0.05) is 18.5 Å². The first kappa shape index (κ1) is 12.4. The molecule has 0 aromatic heterocycles. The maximum absolute atomic E-state index is 12.0. The molecule has 0 bridgehead atoms. The molecule has 5 nitrogen and oxygen atoms in total. The zero-order chi connectivity index (χ0) is 13.2. The molecule has 1 fully saturated rings. The zero-order valence-corrected chi connectivity index (χ0v) is 10.0. The van der Waals surface area contributed by atoms with Gasteiger partial charge >= 0.3 is 5.97 Å². The highest BCUT2D eigenvalue weighted by Gasteiger charge is 2.45. The van der Waals surface area contributed by atoms with Gasteiger partial charge in [-0.15, -0.1) is 0 Å². The zero-order valence-electron chi connectivity index (χ0n) is 10.0. The summed E-state index contributed by atoms with van der Waals surface area (Å²) in [6.07, 6.45) is 1.12. The first-order valence-electron chi connectivity index (χ1n) is 5.86. The minimum absolute atomic E-state index is 0.166. The van der Waals surface area contributed by atoms with E-state index >= 15 is 0 Å². The molecule has 0 saturated carbocycles. The van der Waals surface area contributed by atoms with Crippen LogP contribution < -0.4 is 11.5 Å². The van der Waals surface area contributed by atoms with E-state index in [2.05, 4.69) is 0 Å². The number of rotatable bonds is 4. The second-order valence-electron chi connectivity index (χ2n) is 4.56. The third-order valence-electron chi connectivity index (χ3n) is 3.41. The van der Waals surface area contributed by atoms with Crippen LogP contribution in [-0.2, 0) is 19.7 Å². The van der Waals surface area contributed by atoms with Crippen LogP contribution in [0.4, 0.5) is 5.69 Å². The highest BCUT2D eigenvalue weighted by atomic mass is 16.5. The molecule has 1 aromatic rings. The molecule has 1 aliphatic heterocycles. The fraction of sp³-hybridized carbons (Fsp3) is 0.385. The Hall–Kier alpha value is -2.04. The Bertz CT molecular complexity index is 470. The maximum atomic E-state index is 12.0. The minimum Gasteiger partial charge on any atom is -0.465 e. The van der Waals surface area contributed by atoms with Gasteiger partial charge in [0.05, 0.1) is 12.0 Å². The molecule has 1 aliphatic rings. The minimum atomic E-state index is -0.747. The van der Waals surface area contributed by atoms with Gasteiger partial charge in [-0.1, -0.05) is 12.1 Å². The number of benzene rings is 1. The quantitative estimate of drug-likeness (QED) is 0.606. The lowest BCUT2D eigenvalue weighted by Gasteiger charge is -2.24. The topological polar surface area (TPSA) is 95.4 Å². The molecule has 0 spiro atoms. The summed E-state index contributed by atoms with van der Waals surface area (Å²) < 4.78 is 5.06. The third-order valence-corrected chi connectivity index (χ3v) is 3.41. The third kappa shape index (κ3) is 2.16. The molecule has 0 aliphatic carbocycles. The van der Waals surface area contributed by atoms with E-state index in [-0.39, 0.29) is 12.4 Å². The normalized spacial score (nSPS) is 22.8. The Labute approximate surface area is 105 Å².